The largest absolute Gasteiger partial charge is 0.489 e. The molecule has 0 bridgehead atoms. The molecule has 2 rings (SSSR count). The number of rotatable bonds is 8. The van der Waals surface area contributed by atoms with Gasteiger partial charge in [0.15, 0.2) is 0 Å². The van der Waals surface area contributed by atoms with Gasteiger partial charge < -0.3 is 15.0 Å². The fraction of sp³-hybridized carbons (Fsp3) is 0.400. The van der Waals surface area contributed by atoms with Crippen LogP contribution in [0, 0.1) is 0 Å². The van der Waals surface area contributed by atoms with Crippen molar-refractivity contribution in [1.82, 2.24) is 4.98 Å². The molecule has 0 fully saturated rings. The zero-order valence-electron chi connectivity index (χ0n) is 15.5. The van der Waals surface area contributed by atoms with Crippen LogP contribution >= 0.6 is 0 Å². The molecule has 0 aliphatic heterocycles. The van der Waals surface area contributed by atoms with Crippen LogP contribution < -0.4 is 15.0 Å². The summed E-state index contributed by atoms with van der Waals surface area (Å²) < 4.78 is 5.73. The standard InChI is InChI=1S/C20H27N3O2/c1-5-6-13-23(4)16-11-12-18(21-14-16)20(24)22-17-9-7-8-10-19(17)25-15(2)3/h7-12,14-15H,5-6,13H2,1-4H3,(H,22,24). The summed E-state index contributed by atoms with van der Waals surface area (Å²) in [5, 5.41) is 2.88. The Morgan fingerprint density at radius 1 is 1.24 bits per heavy atom. The third kappa shape index (κ3) is 5.48. The second-order valence-electron chi connectivity index (χ2n) is 6.29. The topological polar surface area (TPSA) is 54.5 Å². The Bertz CT molecular complexity index is 684. The quantitative estimate of drug-likeness (QED) is 0.775. The molecule has 0 spiro atoms. The molecule has 1 heterocycles. The number of anilines is 2. The summed E-state index contributed by atoms with van der Waals surface area (Å²) in [7, 11) is 2.03. The lowest BCUT2D eigenvalue weighted by atomic mass is 10.2. The predicted octanol–water partition coefficient (Wildman–Crippen LogP) is 4.36. The molecule has 1 N–H and O–H groups in total. The van der Waals surface area contributed by atoms with Gasteiger partial charge in [-0.2, -0.15) is 0 Å². The van der Waals surface area contributed by atoms with Crippen molar-refractivity contribution in [3.8, 4) is 5.75 Å². The van der Waals surface area contributed by atoms with Crippen LogP contribution in [-0.4, -0.2) is 30.6 Å². The van der Waals surface area contributed by atoms with Gasteiger partial charge in [0.05, 0.1) is 23.7 Å². The lowest BCUT2D eigenvalue weighted by Gasteiger charge is -2.18. The third-order valence-corrected chi connectivity index (χ3v) is 3.77. The smallest absolute Gasteiger partial charge is 0.274 e. The van der Waals surface area contributed by atoms with Gasteiger partial charge in [-0.05, 0) is 44.5 Å². The molecule has 1 aromatic carbocycles. The Labute approximate surface area is 150 Å². The first-order valence-electron chi connectivity index (χ1n) is 8.75. The number of nitrogens with zero attached hydrogens (tertiary/aromatic N) is 2. The average Bonchev–Trinajstić information content (AvgIpc) is 2.61. The zero-order valence-corrected chi connectivity index (χ0v) is 15.5. The van der Waals surface area contributed by atoms with E-state index in [-0.39, 0.29) is 12.0 Å². The minimum atomic E-state index is -0.248. The first-order valence-corrected chi connectivity index (χ1v) is 8.75. The van der Waals surface area contributed by atoms with Gasteiger partial charge in [0.2, 0.25) is 0 Å². The number of para-hydroxylation sites is 2. The van der Waals surface area contributed by atoms with Crippen LogP contribution in [0.25, 0.3) is 0 Å². The summed E-state index contributed by atoms with van der Waals surface area (Å²) in [5.74, 6) is 0.407. The van der Waals surface area contributed by atoms with E-state index in [1.807, 2.05) is 51.2 Å². The predicted molar refractivity (Wildman–Crippen MR) is 103 cm³/mol. The molecule has 25 heavy (non-hydrogen) atoms. The van der Waals surface area contributed by atoms with Gasteiger partial charge >= 0.3 is 0 Å². The molecule has 0 aliphatic rings. The molecule has 134 valence electrons. The summed E-state index contributed by atoms with van der Waals surface area (Å²) in [6, 6.07) is 11.1. The minimum Gasteiger partial charge on any atom is -0.489 e. The lowest BCUT2D eigenvalue weighted by Crippen LogP contribution is -2.19. The number of unbranched alkanes of at least 4 members (excludes halogenated alkanes) is 1. The highest BCUT2D eigenvalue weighted by molar-refractivity contribution is 6.03. The maximum atomic E-state index is 12.5. The number of carbonyl (C=O) groups is 1. The SMILES string of the molecule is CCCCN(C)c1ccc(C(=O)Nc2ccccc2OC(C)C)nc1. The van der Waals surface area contributed by atoms with Crippen molar-refractivity contribution in [2.75, 3.05) is 23.8 Å². The summed E-state index contributed by atoms with van der Waals surface area (Å²) in [6.07, 6.45) is 4.05. The molecular formula is C20H27N3O2. The maximum Gasteiger partial charge on any atom is 0.274 e. The molecule has 2 aromatic rings. The van der Waals surface area contributed by atoms with E-state index in [4.69, 9.17) is 4.74 Å². The molecule has 1 aromatic heterocycles. The van der Waals surface area contributed by atoms with Crippen LogP contribution in [-0.2, 0) is 0 Å². The van der Waals surface area contributed by atoms with Crippen LogP contribution in [0.1, 0.15) is 44.1 Å². The Kier molecular flexibility index (Phi) is 6.81. The molecule has 5 heteroatoms. The summed E-state index contributed by atoms with van der Waals surface area (Å²) in [4.78, 5) is 18.9. The summed E-state index contributed by atoms with van der Waals surface area (Å²) in [5.41, 5.74) is 2.03. The van der Waals surface area contributed by atoms with Gasteiger partial charge in [-0.15, -0.1) is 0 Å². The molecule has 0 saturated heterocycles. The van der Waals surface area contributed by atoms with Crippen molar-refractivity contribution in [3.05, 3.63) is 48.3 Å². The second-order valence-corrected chi connectivity index (χ2v) is 6.29. The van der Waals surface area contributed by atoms with E-state index in [0.717, 1.165) is 25.1 Å². The third-order valence-electron chi connectivity index (χ3n) is 3.77. The number of aromatic nitrogens is 1. The molecule has 0 atom stereocenters. The van der Waals surface area contributed by atoms with Gasteiger partial charge in [0.25, 0.3) is 5.91 Å². The molecular weight excluding hydrogens is 314 g/mol. The number of hydrogen-bond donors (Lipinski definition) is 1. The number of carbonyl (C=O) groups excluding carboxylic acids is 1. The number of pyridine rings is 1. The molecule has 0 unspecified atom stereocenters. The molecule has 5 nitrogen and oxygen atoms in total. The van der Waals surface area contributed by atoms with E-state index >= 15 is 0 Å². The van der Waals surface area contributed by atoms with Crippen LogP contribution in [0.5, 0.6) is 5.75 Å². The number of benzene rings is 1. The number of nitrogens with one attached hydrogen (secondary N) is 1. The van der Waals surface area contributed by atoms with Crippen molar-refractivity contribution < 1.29 is 9.53 Å². The second kappa shape index (κ2) is 9.06. The van der Waals surface area contributed by atoms with Gasteiger partial charge in [-0.25, -0.2) is 4.98 Å². The Morgan fingerprint density at radius 3 is 2.64 bits per heavy atom. The maximum absolute atomic E-state index is 12.5. The lowest BCUT2D eigenvalue weighted by molar-refractivity contribution is 0.102. The average molecular weight is 341 g/mol. The van der Waals surface area contributed by atoms with Gasteiger partial charge in [0.1, 0.15) is 11.4 Å². The first-order chi connectivity index (χ1) is 12.0. The fourth-order valence-electron chi connectivity index (χ4n) is 2.38. The number of ether oxygens (including phenoxy) is 1. The molecule has 0 aliphatic carbocycles. The van der Waals surface area contributed by atoms with E-state index < -0.39 is 0 Å². The Hall–Kier alpha value is -2.56. The van der Waals surface area contributed by atoms with Crippen LogP contribution in [0.15, 0.2) is 42.6 Å². The summed E-state index contributed by atoms with van der Waals surface area (Å²) in [6.45, 7) is 7.05. The number of amides is 1. The summed E-state index contributed by atoms with van der Waals surface area (Å²) >= 11 is 0. The van der Waals surface area contributed by atoms with E-state index in [2.05, 4.69) is 22.1 Å². The number of hydrogen-bond acceptors (Lipinski definition) is 4. The van der Waals surface area contributed by atoms with Gasteiger partial charge in [0, 0.05) is 13.6 Å². The first kappa shape index (κ1) is 18.8. The van der Waals surface area contributed by atoms with Crippen molar-refractivity contribution >= 4 is 17.3 Å². The highest BCUT2D eigenvalue weighted by Gasteiger charge is 2.12. The van der Waals surface area contributed by atoms with Crippen molar-refractivity contribution in [2.45, 2.75) is 39.7 Å². The van der Waals surface area contributed by atoms with E-state index in [1.54, 1.807) is 12.3 Å². The molecule has 0 saturated carbocycles. The van der Waals surface area contributed by atoms with E-state index in [9.17, 15) is 4.79 Å². The monoisotopic (exact) mass is 341 g/mol. The van der Waals surface area contributed by atoms with Crippen LogP contribution in [0.4, 0.5) is 11.4 Å². The molecule has 1 amide bonds. The zero-order chi connectivity index (χ0) is 18.2. The van der Waals surface area contributed by atoms with Gasteiger partial charge in [-0.3, -0.25) is 4.79 Å². The van der Waals surface area contributed by atoms with E-state index in [0.29, 0.717) is 17.1 Å². The normalized spacial score (nSPS) is 10.6. The Morgan fingerprint density at radius 2 is 2.00 bits per heavy atom. The molecule has 0 radical (unpaired) electrons. The van der Waals surface area contributed by atoms with Crippen LogP contribution in [0.2, 0.25) is 0 Å². The van der Waals surface area contributed by atoms with Crippen molar-refractivity contribution in [1.29, 1.82) is 0 Å². The highest BCUT2D eigenvalue weighted by atomic mass is 16.5. The highest BCUT2D eigenvalue weighted by Crippen LogP contribution is 2.25. The Balaban J connectivity index is 2.06. The van der Waals surface area contributed by atoms with Crippen LogP contribution in [0.3, 0.4) is 0 Å². The fourth-order valence-corrected chi connectivity index (χ4v) is 2.38. The van der Waals surface area contributed by atoms with E-state index in [1.165, 1.54) is 0 Å². The minimum absolute atomic E-state index is 0.0362. The van der Waals surface area contributed by atoms with Crippen molar-refractivity contribution in [2.24, 2.45) is 0 Å². The van der Waals surface area contributed by atoms with Gasteiger partial charge in [-0.1, -0.05) is 25.5 Å². The van der Waals surface area contributed by atoms with Crippen molar-refractivity contribution in [3.63, 3.8) is 0 Å².